The van der Waals surface area contributed by atoms with E-state index in [1.165, 1.54) is 16.8 Å². The lowest BCUT2D eigenvalue weighted by Gasteiger charge is -2.22. The summed E-state index contributed by atoms with van der Waals surface area (Å²) in [5.74, 6) is 0.989. The van der Waals surface area contributed by atoms with E-state index >= 15 is 0 Å². The summed E-state index contributed by atoms with van der Waals surface area (Å²) >= 11 is 0. The Morgan fingerprint density at radius 1 is 1.28 bits per heavy atom. The van der Waals surface area contributed by atoms with Crippen LogP contribution in [0.15, 0.2) is 12.1 Å². The van der Waals surface area contributed by atoms with Crippen LogP contribution in [0.5, 0.6) is 5.75 Å². The second kappa shape index (κ2) is 6.64. The summed E-state index contributed by atoms with van der Waals surface area (Å²) in [5.41, 5.74) is 9.39. The number of nitrogens with zero attached hydrogens (tertiary/aromatic N) is 1. The number of rotatable bonds is 6. The van der Waals surface area contributed by atoms with E-state index in [0.717, 1.165) is 25.1 Å². The second-order valence-electron chi connectivity index (χ2n) is 5.15. The highest BCUT2D eigenvalue weighted by molar-refractivity contribution is 5.56. The zero-order valence-electron chi connectivity index (χ0n) is 12.3. The first-order chi connectivity index (χ1) is 8.45. The monoisotopic (exact) mass is 250 g/mol. The van der Waals surface area contributed by atoms with Gasteiger partial charge in [-0.2, -0.15) is 0 Å². The van der Waals surface area contributed by atoms with Crippen molar-refractivity contribution in [3.8, 4) is 5.75 Å². The van der Waals surface area contributed by atoms with E-state index in [0.29, 0.717) is 0 Å². The molecule has 0 aliphatic rings. The molecule has 0 saturated carbocycles. The maximum absolute atomic E-state index is 5.77. The van der Waals surface area contributed by atoms with Gasteiger partial charge in [0.25, 0.3) is 0 Å². The van der Waals surface area contributed by atoms with Crippen LogP contribution in [-0.4, -0.2) is 26.7 Å². The Morgan fingerprint density at radius 2 is 1.83 bits per heavy atom. The fourth-order valence-electron chi connectivity index (χ4n) is 2.25. The van der Waals surface area contributed by atoms with Gasteiger partial charge in [-0.15, -0.1) is 0 Å². The SMILES string of the molecule is COc1c(C)cc(N(C)CCCC(C)N)cc1C. The number of nitrogens with two attached hydrogens (primary N) is 1. The third-order valence-corrected chi connectivity index (χ3v) is 3.24. The quantitative estimate of drug-likeness (QED) is 0.843. The highest BCUT2D eigenvalue weighted by Crippen LogP contribution is 2.28. The highest BCUT2D eigenvalue weighted by atomic mass is 16.5. The lowest BCUT2D eigenvalue weighted by Crippen LogP contribution is -2.22. The number of methoxy groups -OCH3 is 1. The van der Waals surface area contributed by atoms with E-state index < -0.39 is 0 Å². The Hall–Kier alpha value is -1.22. The molecule has 0 spiro atoms. The van der Waals surface area contributed by atoms with Crippen molar-refractivity contribution in [3.63, 3.8) is 0 Å². The Balaban J connectivity index is 2.71. The van der Waals surface area contributed by atoms with Gasteiger partial charge < -0.3 is 15.4 Å². The largest absolute Gasteiger partial charge is 0.496 e. The van der Waals surface area contributed by atoms with Crippen molar-refractivity contribution >= 4 is 5.69 Å². The molecular weight excluding hydrogens is 224 g/mol. The van der Waals surface area contributed by atoms with Crippen LogP contribution >= 0.6 is 0 Å². The zero-order valence-corrected chi connectivity index (χ0v) is 12.3. The van der Waals surface area contributed by atoms with Crippen LogP contribution in [0.25, 0.3) is 0 Å². The Labute approximate surface area is 111 Å². The van der Waals surface area contributed by atoms with Gasteiger partial charge in [-0.05, 0) is 56.9 Å². The van der Waals surface area contributed by atoms with Gasteiger partial charge in [-0.1, -0.05) is 0 Å². The normalized spacial score (nSPS) is 12.3. The Kier molecular flexibility index (Phi) is 5.48. The van der Waals surface area contributed by atoms with Gasteiger partial charge >= 0.3 is 0 Å². The maximum Gasteiger partial charge on any atom is 0.124 e. The van der Waals surface area contributed by atoms with Crippen molar-refractivity contribution < 1.29 is 4.74 Å². The first kappa shape index (κ1) is 14.8. The molecule has 0 radical (unpaired) electrons. The fraction of sp³-hybridized carbons (Fsp3) is 0.600. The molecule has 0 aliphatic heterocycles. The lowest BCUT2D eigenvalue weighted by molar-refractivity contribution is 0.408. The van der Waals surface area contributed by atoms with Crippen LogP contribution in [0.1, 0.15) is 30.9 Å². The summed E-state index contributed by atoms with van der Waals surface area (Å²) in [5, 5.41) is 0. The van der Waals surface area contributed by atoms with Crippen molar-refractivity contribution in [2.24, 2.45) is 5.73 Å². The predicted octanol–water partition coefficient (Wildman–Crippen LogP) is 2.88. The van der Waals surface area contributed by atoms with Crippen LogP contribution in [-0.2, 0) is 0 Å². The van der Waals surface area contributed by atoms with Gasteiger partial charge in [-0.3, -0.25) is 0 Å². The van der Waals surface area contributed by atoms with Crippen molar-refractivity contribution in [2.75, 3.05) is 25.6 Å². The summed E-state index contributed by atoms with van der Waals surface area (Å²) < 4.78 is 5.39. The van der Waals surface area contributed by atoms with Crippen LogP contribution < -0.4 is 15.4 Å². The summed E-state index contributed by atoms with van der Waals surface area (Å²) in [4.78, 5) is 2.28. The van der Waals surface area contributed by atoms with Gasteiger partial charge in [0.15, 0.2) is 0 Å². The van der Waals surface area contributed by atoms with Gasteiger partial charge in [0, 0.05) is 25.3 Å². The number of hydrogen-bond donors (Lipinski definition) is 1. The Morgan fingerprint density at radius 3 is 2.28 bits per heavy atom. The fourth-order valence-corrected chi connectivity index (χ4v) is 2.25. The molecule has 18 heavy (non-hydrogen) atoms. The maximum atomic E-state index is 5.77. The molecular formula is C15H26N2O. The third-order valence-electron chi connectivity index (χ3n) is 3.24. The standard InChI is InChI=1S/C15H26N2O/c1-11-9-14(10-12(2)15(11)18-5)17(4)8-6-7-13(3)16/h9-10,13H,6-8,16H2,1-5H3. The average molecular weight is 250 g/mol. The van der Waals surface area contributed by atoms with Gasteiger partial charge in [0.1, 0.15) is 5.75 Å². The highest BCUT2D eigenvalue weighted by Gasteiger charge is 2.08. The number of aryl methyl sites for hydroxylation is 2. The minimum absolute atomic E-state index is 0.290. The molecule has 0 bridgehead atoms. The van der Waals surface area contributed by atoms with Crippen molar-refractivity contribution in [2.45, 2.75) is 39.7 Å². The molecule has 1 aromatic rings. The van der Waals surface area contributed by atoms with Crippen LogP contribution in [0.4, 0.5) is 5.69 Å². The Bertz CT molecular complexity index is 365. The molecule has 3 nitrogen and oxygen atoms in total. The molecule has 3 heteroatoms. The zero-order chi connectivity index (χ0) is 13.7. The van der Waals surface area contributed by atoms with Gasteiger partial charge in [-0.25, -0.2) is 0 Å². The van der Waals surface area contributed by atoms with Gasteiger partial charge in [0.2, 0.25) is 0 Å². The number of hydrogen-bond acceptors (Lipinski definition) is 3. The third kappa shape index (κ3) is 3.91. The minimum atomic E-state index is 0.290. The molecule has 0 amide bonds. The summed E-state index contributed by atoms with van der Waals surface area (Å²) in [7, 11) is 3.85. The van der Waals surface area contributed by atoms with Crippen LogP contribution in [0.2, 0.25) is 0 Å². The summed E-state index contributed by atoms with van der Waals surface area (Å²) in [6.07, 6.45) is 2.19. The molecule has 1 rings (SSSR count). The molecule has 0 heterocycles. The smallest absolute Gasteiger partial charge is 0.124 e. The lowest BCUT2D eigenvalue weighted by atomic mass is 10.1. The van der Waals surface area contributed by atoms with Crippen molar-refractivity contribution in [3.05, 3.63) is 23.3 Å². The number of anilines is 1. The van der Waals surface area contributed by atoms with Gasteiger partial charge in [0.05, 0.1) is 7.11 Å². The van der Waals surface area contributed by atoms with E-state index in [1.807, 2.05) is 0 Å². The molecule has 2 N–H and O–H groups in total. The molecule has 0 aliphatic carbocycles. The van der Waals surface area contributed by atoms with E-state index in [4.69, 9.17) is 10.5 Å². The topological polar surface area (TPSA) is 38.5 Å². The molecule has 1 aromatic carbocycles. The van der Waals surface area contributed by atoms with E-state index in [-0.39, 0.29) is 6.04 Å². The van der Waals surface area contributed by atoms with Crippen molar-refractivity contribution in [1.82, 2.24) is 0 Å². The number of ether oxygens (including phenoxy) is 1. The summed E-state index contributed by atoms with van der Waals surface area (Å²) in [6, 6.07) is 4.65. The molecule has 0 aromatic heterocycles. The molecule has 0 saturated heterocycles. The van der Waals surface area contributed by atoms with Crippen LogP contribution in [0, 0.1) is 13.8 Å². The first-order valence-electron chi connectivity index (χ1n) is 6.57. The first-order valence-corrected chi connectivity index (χ1v) is 6.57. The molecule has 102 valence electrons. The van der Waals surface area contributed by atoms with Crippen LogP contribution in [0.3, 0.4) is 0 Å². The van der Waals surface area contributed by atoms with Crippen molar-refractivity contribution in [1.29, 1.82) is 0 Å². The second-order valence-corrected chi connectivity index (χ2v) is 5.15. The molecule has 1 unspecified atom stereocenters. The predicted molar refractivity (Wildman–Crippen MR) is 78.6 cm³/mol. The number of benzene rings is 1. The van der Waals surface area contributed by atoms with E-state index in [2.05, 4.69) is 44.9 Å². The van der Waals surface area contributed by atoms with E-state index in [1.54, 1.807) is 7.11 Å². The summed E-state index contributed by atoms with van der Waals surface area (Å²) in [6.45, 7) is 7.27. The molecule has 0 fully saturated rings. The van der Waals surface area contributed by atoms with E-state index in [9.17, 15) is 0 Å². The molecule has 1 atom stereocenters. The average Bonchev–Trinajstić information content (AvgIpc) is 2.27. The minimum Gasteiger partial charge on any atom is -0.496 e.